The number of aliphatic hydroxyl groups excluding tert-OH is 1. The van der Waals surface area contributed by atoms with Crippen molar-refractivity contribution in [2.45, 2.75) is 20.1 Å². The Bertz CT molecular complexity index is 621. The Morgan fingerprint density at radius 2 is 1.84 bits per heavy atom. The molecule has 0 radical (unpaired) electrons. The van der Waals surface area contributed by atoms with Gasteiger partial charge in [0.1, 0.15) is 12.4 Å². The summed E-state index contributed by atoms with van der Waals surface area (Å²) in [5, 5.41) is 12.6. The lowest BCUT2D eigenvalue weighted by Gasteiger charge is -2.13. The van der Waals surface area contributed by atoms with Crippen LogP contribution in [0.4, 0.5) is 0 Å². The van der Waals surface area contributed by atoms with Crippen LogP contribution in [0.15, 0.2) is 42.5 Å². The molecule has 0 saturated carbocycles. The van der Waals surface area contributed by atoms with Gasteiger partial charge in [-0.25, -0.2) is 0 Å². The molecule has 0 atom stereocenters. The molecule has 4 nitrogen and oxygen atoms in total. The minimum absolute atomic E-state index is 0. The van der Waals surface area contributed by atoms with Crippen LogP contribution in [-0.4, -0.2) is 31.5 Å². The van der Waals surface area contributed by atoms with E-state index in [1.807, 2.05) is 18.2 Å². The third kappa shape index (κ3) is 8.08. The Morgan fingerprint density at radius 3 is 2.56 bits per heavy atom. The Balaban J connectivity index is 0.00000312. The first kappa shape index (κ1) is 21.7. The lowest BCUT2D eigenvalue weighted by Crippen LogP contribution is -2.20. The maximum absolute atomic E-state index is 8.66. The first-order chi connectivity index (χ1) is 11.7. The molecule has 2 rings (SSSR count). The van der Waals surface area contributed by atoms with Crippen molar-refractivity contribution >= 4 is 24.0 Å². The minimum Gasteiger partial charge on any atom is -0.489 e. The molecule has 0 aromatic heterocycles. The van der Waals surface area contributed by atoms with E-state index < -0.39 is 0 Å². The van der Waals surface area contributed by atoms with Gasteiger partial charge in [-0.1, -0.05) is 41.4 Å². The Kier molecular flexibility index (Phi) is 10.5. The normalized spacial score (nSPS) is 10.4. The summed E-state index contributed by atoms with van der Waals surface area (Å²) in [5.74, 6) is 0.823. The summed E-state index contributed by atoms with van der Waals surface area (Å²) in [5.41, 5.74) is 3.38. The summed E-state index contributed by atoms with van der Waals surface area (Å²) in [6, 6.07) is 13.9. The SMILES string of the molecule is Cc1ccc(COc2ccc(Cl)cc2CNCCOCCO)cc1.Cl. The number of aliphatic hydroxyl groups is 1. The van der Waals surface area contributed by atoms with Crippen molar-refractivity contribution in [3.05, 3.63) is 64.2 Å². The fraction of sp³-hybridized carbons (Fsp3) is 0.368. The van der Waals surface area contributed by atoms with Gasteiger partial charge in [-0.15, -0.1) is 12.4 Å². The van der Waals surface area contributed by atoms with Gasteiger partial charge in [0.05, 0.1) is 19.8 Å². The third-order valence-corrected chi connectivity index (χ3v) is 3.75. The Morgan fingerprint density at radius 1 is 1.08 bits per heavy atom. The number of hydrogen-bond acceptors (Lipinski definition) is 4. The van der Waals surface area contributed by atoms with Crippen molar-refractivity contribution in [3.63, 3.8) is 0 Å². The first-order valence-corrected chi connectivity index (χ1v) is 8.43. The second kappa shape index (κ2) is 12.1. The molecular formula is C19H25Cl2NO3. The standard InChI is InChI=1S/C19H24ClNO3.ClH/c1-15-2-4-16(5-3-15)14-24-19-7-6-18(20)12-17(19)13-21-8-10-23-11-9-22;/h2-7,12,21-22H,8-11,13-14H2,1H3;1H. The molecule has 0 aliphatic rings. The van der Waals surface area contributed by atoms with Gasteiger partial charge in [0.25, 0.3) is 0 Å². The molecule has 0 bridgehead atoms. The average Bonchev–Trinajstić information content (AvgIpc) is 2.58. The van der Waals surface area contributed by atoms with Gasteiger partial charge in [-0.2, -0.15) is 0 Å². The fourth-order valence-electron chi connectivity index (χ4n) is 2.21. The summed E-state index contributed by atoms with van der Waals surface area (Å²) in [6.07, 6.45) is 0. The second-order valence-electron chi connectivity index (χ2n) is 5.54. The molecule has 0 unspecified atom stereocenters. The molecule has 2 aromatic carbocycles. The Labute approximate surface area is 160 Å². The topological polar surface area (TPSA) is 50.7 Å². The summed E-state index contributed by atoms with van der Waals surface area (Å²) in [4.78, 5) is 0. The summed E-state index contributed by atoms with van der Waals surface area (Å²) in [6.45, 7) is 4.90. The highest BCUT2D eigenvalue weighted by molar-refractivity contribution is 6.30. The minimum atomic E-state index is 0. The van der Waals surface area contributed by atoms with Crippen molar-refractivity contribution in [1.29, 1.82) is 0 Å². The van der Waals surface area contributed by atoms with Crippen LogP contribution in [0.25, 0.3) is 0 Å². The van der Waals surface area contributed by atoms with Crippen LogP contribution in [-0.2, 0) is 17.9 Å². The predicted molar refractivity (Wildman–Crippen MR) is 104 cm³/mol. The highest BCUT2D eigenvalue weighted by atomic mass is 35.5. The summed E-state index contributed by atoms with van der Waals surface area (Å²) >= 11 is 6.10. The molecular weight excluding hydrogens is 361 g/mol. The van der Waals surface area contributed by atoms with E-state index in [0.717, 1.165) is 16.9 Å². The molecule has 138 valence electrons. The number of ether oxygens (including phenoxy) is 2. The zero-order valence-corrected chi connectivity index (χ0v) is 15.9. The lowest BCUT2D eigenvalue weighted by atomic mass is 10.1. The molecule has 6 heteroatoms. The van der Waals surface area contributed by atoms with Crippen molar-refractivity contribution in [3.8, 4) is 5.75 Å². The maximum atomic E-state index is 8.66. The fourth-order valence-corrected chi connectivity index (χ4v) is 2.40. The van der Waals surface area contributed by atoms with E-state index >= 15 is 0 Å². The van der Waals surface area contributed by atoms with Gasteiger partial charge in [0.15, 0.2) is 0 Å². The Hall–Kier alpha value is -1.30. The van der Waals surface area contributed by atoms with Crippen LogP contribution in [0, 0.1) is 6.92 Å². The molecule has 0 fully saturated rings. The average molecular weight is 386 g/mol. The molecule has 0 spiro atoms. The second-order valence-corrected chi connectivity index (χ2v) is 5.98. The number of halogens is 2. The van der Waals surface area contributed by atoms with Crippen LogP contribution >= 0.6 is 24.0 Å². The monoisotopic (exact) mass is 385 g/mol. The van der Waals surface area contributed by atoms with Gasteiger partial charge in [0.2, 0.25) is 0 Å². The van der Waals surface area contributed by atoms with Crippen molar-refractivity contribution in [2.75, 3.05) is 26.4 Å². The summed E-state index contributed by atoms with van der Waals surface area (Å²) in [7, 11) is 0. The van der Waals surface area contributed by atoms with Gasteiger partial charge in [-0.05, 0) is 30.7 Å². The van der Waals surface area contributed by atoms with E-state index in [4.69, 9.17) is 26.2 Å². The van der Waals surface area contributed by atoms with Crippen LogP contribution in [0.3, 0.4) is 0 Å². The highest BCUT2D eigenvalue weighted by Gasteiger charge is 2.05. The number of hydrogen-bond donors (Lipinski definition) is 2. The van der Waals surface area contributed by atoms with Gasteiger partial charge in [0, 0.05) is 23.7 Å². The van der Waals surface area contributed by atoms with Crippen LogP contribution in [0.5, 0.6) is 5.75 Å². The van der Waals surface area contributed by atoms with Crippen LogP contribution in [0.2, 0.25) is 5.02 Å². The van der Waals surface area contributed by atoms with E-state index in [0.29, 0.717) is 37.9 Å². The highest BCUT2D eigenvalue weighted by Crippen LogP contribution is 2.24. The molecule has 2 aromatic rings. The molecule has 2 N–H and O–H groups in total. The lowest BCUT2D eigenvalue weighted by molar-refractivity contribution is 0.0937. The number of rotatable bonds is 10. The number of benzene rings is 2. The molecule has 0 heterocycles. The van der Waals surface area contributed by atoms with Gasteiger partial charge >= 0.3 is 0 Å². The summed E-state index contributed by atoms with van der Waals surface area (Å²) < 4.78 is 11.2. The van der Waals surface area contributed by atoms with E-state index in [1.54, 1.807) is 0 Å². The zero-order valence-electron chi connectivity index (χ0n) is 14.3. The molecule has 0 amide bonds. The smallest absolute Gasteiger partial charge is 0.124 e. The predicted octanol–water partition coefficient (Wildman–Crippen LogP) is 3.75. The van der Waals surface area contributed by atoms with Crippen molar-refractivity contribution in [1.82, 2.24) is 5.32 Å². The van der Waals surface area contributed by atoms with Gasteiger partial charge < -0.3 is 19.9 Å². The largest absolute Gasteiger partial charge is 0.489 e. The first-order valence-electron chi connectivity index (χ1n) is 8.05. The molecule has 0 aliphatic carbocycles. The zero-order chi connectivity index (χ0) is 17.2. The number of aryl methyl sites for hydroxylation is 1. The van der Waals surface area contributed by atoms with Crippen LogP contribution in [0.1, 0.15) is 16.7 Å². The van der Waals surface area contributed by atoms with Gasteiger partial charge in [-0.3, -0.25) is 0 Å². The maximum Gasteiger partial charge on any atom is 0.124 e. The third-order valence-electron chi connectivity index (χ3n) is 3.51. The number of nitrogens with one attached hydrogen (secondary N) is 1. The van der Waals surface area contributed by atoms with Crippen molar-refractivity contribution < 1.29 is 14.6 Å². The van der Waals surface area contributed by atoms with Crippen LogP contribution < -0.4 is 10.1 Å². The van der Waals surface area contributed by atoms with E-state index in [1.165, 1.54) is 5.56 Å². The van der Waals surface area contributed by atoms with E-state index in [-0.39, 0.29) is 19.0 Å². The quantitative estimate of drug-likeness (QED) is 0.611. The molecule has 25 heavy (non-hydrogen) atoms. The molecule has 0 aliphatic heterocycles. The van der Waals surface area contributed by atoms with E-state index in [9.17, 15) is 0 Å². The van der Waals surface area contributed by atoms with Crippen molar-refractivity contribution in [2.24, 2.45) is 0 Å². The van der Waals surface area contributed by atoms with E-state index in [2.05, 4.69) is 36.5 Å². The molecule has 0 saturated heterocycles.